The maximum absolute atomic E-state index is 12.8. The second-order valence-electron chi connectivity index (χ2n) is 7.24. The molecule has 0 saturated carbocycles. The molecule has 8 heteroatoms. The van der Waals surface area contributed by atoms with Crippen LogP contribution in [0, 0.1) is 5.92 Å². The van der Waals surface area contributed by atoms with Crippen LogP contribution in [0.1, 0.15) is 41.6 Å². The van der Waals surface area contributed by atoms with Gasteiger partial charge in [-0.3, -0.25) is 14.4 Å². The summed E-state index contributed by atoms with van der Waals surface area (Å²) in [4.78, 5) is 39.0. The number of nitrogens with two attached hydrogens (primary N) is 1. The number of aliphatic hydroxyl groups excluding tert-OH is 1. The molecule has 0 aliphatic carbocycles. The van der Waals surface area contributed by atoms with Gasteiger partial charge in [0, 0.05) is 43.9 Å². The normalized spacial score (nSPS) is 18.5. The van der Waals surface area contributed by atoms with Gasteiger partial charge in [-0.2, -0.15) is 0 Å². The molecule has 3 rings (SSSR count). The number of carboxylic acid groups (broad SMARTS) is 1. The van der Waals surface area contributed by atoms with Gasteiger partial charge in [-0.05, 0) is 42.9 Å². The number of benzene rings is 1. The Morgan fingerprint density at radius 2 is 1.96 bits per heavy atom. The van der Waals surface area contributed by atoms with Crippen molar-refractivity contribution in [1.82, 2.24) is 4.90 Å². The Labute approximate surface area is 157 Å². The zero-order chi connectivity index (χ0) is 19.6. The maximum Gasteiger partial charge on any atom is 0.303 e. The number of carbonyl (C=O) groups excluding carboxylic acids is 2. The smallest absolute Gasteiger partial charge is 0.303 e. The highest BCUT2D eigenvalue weighted by atomic mass is 16.4. The van der Waals surface area contributed by atoms with Crippen LogP contribution in [-0.4, -0.2) is 58.6 Å². The maximum atomic E-state index is 12.8. The number of nitrogens with zero attached hydrogens (tertiary/aromatic N) is 2. The summed E-state index contributed by atoms with van der Waals surface area (Å²) in [6, 6.07) is 4.76. The van der Waals surface area contributed by atoms with E-state index in [-0.39, 0.29) is 31.9 Å². The van der Waals surface area contributed by atoms with Crippen molar-refractivity contribution in [1.29, 1.82) is 0 Å². The molecule has 146 valence electrons. The van der Waals surface area contributed by atoms with E-state index in [2.05, 4.69) is 4.90 Å². The molecule has 2 heterocycles. The van der Waals surface area contributed by atoms with Gasteiger partial charge in [-0.25, -0.2) is 0 Å². The SMILES string of the molecule is NC(=O)[C@H](CCC(=O)O)N1Cc2ccc(N3CCC(CO)CC3)cc2C1=O. The van der Waals surface area contributed by atoms with E-state index < -0.39 is 17.9 Å². The van der Waals surface area contributed by atoms with Crippen LogP contribution in [0.2, 0.25) is 0 Å². The standard InChI is InChI=1S/C19H25N3O5/c20-18(26)16(3-4-17(24)25)22-10-13-1-2-14(9-15(13)19(22)27)21-7-5-12(11-23)6-8-21/h1-2,9,12,16,23H,3-8,10-11H2,(H2,20,26)(H,24,25)/t16-/m0/s1. The first-order valence-electron chi connectivity index (χ1n) is 9.21. The second kappa shape index (κ2) is 7.96. The van der Waals surface area contributed by atoms with Crippen LogP contribution in [0.4, 0.5) is 5.69 Å². The number of hydrogen-bond acceptors (Lipinski definition) is 5. The Balaban J connectivity index is 1.75. The molecule has 0 unspecified atom stereocenters. The highest BCUT2D eigenvalue weighted by molar-refractivity contribution is 6.01. The van der Waals surface area contributed by atoms with Gasteiger partial charge in [-0.15, -0.1) is 0 Å². The van der Waals surface area contributed by atoms with E-state index in [1.165, 1.54) is 4.90 Å². The Morgan fingerprint density at radius 1 is 1.26 bits per heavy atom. The van der Waals surface area contributed by atoms with Crippen molar-refractivity contribution in [3.63, 3.8) is 0 Å². The zero-order valence-corrected chi connectivity index (χ0v) is 15.1. The average Bonchev–Trinajstić information content (AvgIpc) is 2.97. The van der Waals surface area contributed by atoms with E-state index in [0.717, 1.165) is 37.2 Å². The molecule has 0 radical (unpaired) electrons. The van der Waals surface area contributed by atoms with Gasteiger partial charge < -0.3 is 25.7 Å². The van der Waals surface area contributed by atoms with E-state index in [4.69, 9.17) is 10.8 Å². The summed E-state index contributed by atoms with van der Waals surface area (Å²) < 4.78 is 0. The molecule has 1 atom stereocenters. The topological polar surface area (TPSA) is 124 Å². The zero-order valence-electron chi connectivity index (χ0n) is 15.1. The number of piperidine rings is 1. The molecule has 1 aromatic carbocycles. The first-order valence-corrected chi connectivity index (χ1v) is 9.21. The number of aliphatic hydroxyl groups is 1. The van der Waals surface area contributed by atoms with Crippen LogP contribution in [0.15, 0.2) is 18.2 Å². The molecule has 2 amide bonds. The van der Waals surface area contributed by atoms with Crippen LogP contribution in [0.5, 0.6) is 0 Å². The molecule has 1 fully saturated rings. The minimum absolute atomic E-state index is 0.00588. The van der Waals surface area contributed by atoms with Crippen LogP contribution < -0.4 is 10.6 Å². The minimum Gasteiger partial charge on any atom is -0.481 e. The molecule has 8 nitrogen and oxygen atoms in total. The van der Waals surface area contributed by atoms with Gasteiger partial charge in [-0.1, -0.05) is 6.07 Å². The number of fused-ring (bicyclic) bond motifs is 1. The van der Waals surface area contributed by atoms with Gasteiger partial charge in [0.25, 0.3) is 5.91 Å². The number of anilines is 1. The lowest BCUT2D eigenvalue weighted by molar-refractivity contribution is -0.137. The van der Waals surface area contributed by atoms with E-state index in [1.807, 2.05) is 18.2 Å². The lowest BCUT2D eigenvalue weighted by atomic mass is 9.97. The van der Waals surface area contributed by atoms with Crippen molar-refractivity contribution in [2.45, 2.75) is 38.3 Å². The first kappa shape index (κ1) is 19.2. The van der Waals surface area contributed by atoms with Crippen LogP contribution in [0.3, 0.4) is 0 Å². The Morgan fingerprint density at radius 3 is 2.56 bits per heavy atom. The van der Waals surface area contributed by atoms with Crippen molar-refractivity contribution in [2.24, 2.45) is 11.7 Å². The highest BCUT2D eigenvalue weighted by Crippen LogP contribution is 2.31. The van der Waals surface area contributed by atoms with E-state index >= 15 is 0 Å². The summed E-state index contributed by atoms with van der Waals surface area (Å²) in [6.07, 6.45) is 1.60. The summed E-state index contributed by atoms with van der Waals surface area (Å²) in [5.41, 5.74) is 7.72. The van der Waals surface area contributed by atoms with Crippen molar-refractivity contribution >= 4 is 23.5 Å². The average molecular weight is 375 g/mol. The number of hydrogen-bond donors (Lipinski definition) is 3. The molecular weight excluding hydrogens is 350 g/mol. The second-order valence-corrected chi connectivity index (χ2v) is 7.24. The fourth-order valence-electron chi connectivity index (χ4n) is 3.85. The number of carboxylic acids is 1. The molecule has 27 heavy (non-hydrogen) atoms. The number of primary amides is 1. The summed E-state index contributed by atoms with van der Waals surface area (Å²) in [5.74, 6) is -1.67. The van der Waals surface area contributed by atoms with Gasteiger partial charge >= 0.3 is 5.97 Å². The molecule has 0 bridgehead atoms. The van der Waals surface area contributed by atoms with Crippen molar-refractivity contribution in [2.75, 3.05) is 24.6 Å². The Bertz CT molecular complexity index is 743. The van der Waals surface area contributed by atoms with Gasteiger partial charge in [0.1, 0.15) is 6.04 Å². The molecule has 1 aromatic rings. The van der Waals surface area contributed by atoms with Crippen LogP contribution >= 0.6 is 0 Å². The number of aliphatic carboxylic acids is 1. The summed E-state index contributed by atoms with van der Waals surface area (Å²) >= 11 is 0. The minimum atomic E-state index is -1.03. The summed E-state index contributed by atoms with van der Waals surface area (Å²) in [6.45, 7) is 2.11. The van der Waals surface area contributed by atoms with Gasteiger partial charge in [0.2, 0.25) is 5.91 Å². The number of rotatable bonds is 7. The molecular formula is C19H25N3O5. The third-order valence-electron chi connectivity index (χ3n) is 5.50. The van der Waals surface area contributed by atoms with Crippen LogP contribution in [0.25, 0.3) is 0 Å². The largest absolute Gasteiger partial charge is 0.481 e. The van der Waals surface area contributed by atoms with E-state index in [1.54, 1.807) is 0 Å². The van der Waals surface area contributed by atoms with Gasteiger partial charge in [0.05, 0.1) is 0 Å². The fraction of sp³-hybridized carbons (Fsp3) is 0.526. The lowest BCUT2D eigenvalue weighted by Crippen LogP contribution is -2.45. The lowest BCUT2D eigenvalue weighted by Gasteiger charge is -2.33. The summed E-state index contributed by atoms with van der Waals surface area (Å²) in [5, 5.41) is 18.1. The predicted molar refractivity (Wildman–Crippen MR) is 98.2 cm³/mol. The molecule has 2 aliphatic heterocycles. The Hall–Kier alpha value is -2.61. The molecule has 1 saturated heterocycles. The quantitative estimate of drug-likeness (QED) is 0.640. The third-order valence-corrected chi connectivity index (χ3v) is 5.50. The highest BCUT2D eigenvalue weighted by Gasteiger charge is 2.36. The third kappa shape index (κ3) is 4.05. The molecule has 0 spiro atoms. The van der Waals surface area contributed by atoms with E-state index in [0.29, 0.717) is 11.5 Å². The monoisotopic (exact) mass is 375 g/mol. The number of carbonyl (C=O) groups is 3. The predicted octanol–water partition coefficient (Wildman–Crippen LogP) is 0.570. The molecule has 0 aromatic heterocycles. The van der Waals surface area contributed by atoms with Crippen LogP contribution in [-0.2, 0) is 16.1 Å². The Kier molecular flexibility index (Phi) is 5.65. The first-order chi connectivity index (χ1) is 12.9. The molecule has 4 N–H and O–H groups in total. The fourth-order valence-corrected chi connectivity index (χ4v) is 3.85. The molecule has 2 aliphatic rings. The number of amides is 2. The van der Waals surface area contributed by atoms with Crippen molar-refractivity contribution < 1.29 is 24.6 Å². The van der Waals surface area contributed by atoms with Gasteiger partial charge in [0.15, 0.2) is 0 Å². The van der Waals surface area contributed by atoms with Crippen molar-refractivity contribution in [3.05, 3.63) is 29.3 Å². The summed E-state index contributed by atoms with van der Waals surface area (Å²) in [7, 11) is 0. The van der Waals surface area contributed by atoms with E-state index in [9.17, 15) is 19.5 Å². The van der Waals surface area contributed by atoms with Crippen molar-refractivity contribution in [3.8, 4) is 0 Å².